The minimum absolute atomic E-state index is 0.382. The quantitative estimate of drug-likeness (QED) is 0.209. The first kappa shape index (κ1) is 26.1. The summed E-state index contributed by atoms with van der Waals surface area (Å²) in [6, 6.07) is 26.2. The van der Waals surface area contributed by atoms with Gasteiger partial charge in [0.1, 0.15) is 11.2 Å². The Morgan fingerprint density at radius 2 is 1.38 bits per heavy atom. The van der Waals surface area contributed by atoms with Crippen molar-refractivity contribution < 1.29 is 8.98 Å². The first-order valence-corrected chi connectivity index (χ1v) is 14.3. The topological polar surface area (TPSA) is 34.8 Å². The third kappa shape index (κ3) is 4.05. The van der Waals surface area contributed by atoms with E-state index in [0.29, 0.717) is 17.7 Å². The lowest BCUT2D eigenvalue weighted by atomic mass is 9.92. The Kier molecular flexibility index (Phi) is 6.37. The number of fused-ring (bicyclic) bond motifs is 2. The standard InChI is InChI=1S/C36H38N3O/c1-21(2)26-15-12-16-27(22(3)4)34(26)39-31-18-10-9-17-30(31)38(8)36(39)28-20-29-32(19-25(28)7)40-35(37-29)33-23(5)13-11-14-24(33)6/h9-22H,1-8H3/q+1. The minimum Gasteiger partial charge on any atom is -0.436 e. The summed E-state index contributed by atoms with van der Waals surface area (Å²) in [5.41, 5.74) is 13.8. The molecule has 0 amide bonds. The van der Waals surface area contributed by atoms with Gasteiger partial charge in [-0.3, -0.25) is 0 Å². The molecule has 4 aromatic carbocycles. The lowest BCUT2D eigenvalue weighted by Gasteiger charge is -2.18. The molecule has 40 heavy (non-hydrogen) atoms. The smallest absolute Gasteiger partial charge is 0.295 e. The average Bonchev–Trinajstić information content (AvgIpc) is 3.45. The van der Waals surface area contributed by atoms with Gasteiger partial charge in [-0.15, -0.1) is 0 Å². The fourth-order valence-corrected chi connectivity index (χ4v) is 6.19. The van der Waals surface area contributed by atoms with Crippen molar-refractivity contribution in [1.29, 1.82) is 0 Å². The van der Waals surface area contributed by atoms with Crippen molar-refractivity contribution in [3.8, 4) is 28.5 Å². The van der Waals surface area contributed by atoms with Crippen molar-refractivity contribution in [3.05, 3.63) is 101 Å². The molecule has 0 N–H and O–H groups in total. The normalized spacial score (nSPS) is 11.9. The zero-order chi connectivity index (χ0) is 28.3. The van der Waals surface area contributed by atoms with Gasteiger partial charge in [-0.2, -0.15) is 4.57 Å². The van der Waals surface area contributed by atoms with Gasteiger partial charge in [0.15, 0.2) is 16.6 Å². The molecule has 0 aliphatic rings. The van der Waals surface area contributed by atoms with Gasteiger partial charge in [-0.05, 0) is 73.6 Å². The Morgan fingerprint density at radius 3 is 2.02 bits per heavy atom. The summed E-state index contributed by atoms with van der Waals surface area (Å²) < 4.78 is 11.2. The molecule has 0 atom stereocenters. The third-order valence-corrected chi connectivity index (χ3v) is 8.25. The molecule has 0 saturated heterocycles. The SMILES string of the molecule is Cc1cc2oc(-c3c(C)cccc3C)nc2cc1-c1n(-c2c(C(C)C)cccc2C(C)C)c2ccccc2[n+]1C. The van der Waals surface area contributed by atoms with Crippen molar-refractivity contribution in [3.63, 3.8) is 0 Å². The highest BCUT2D eigenvalue weighted by Crippen LogP contribution is 2.38. The van der Waals surface area contributed by atoms with Crippen LogP contribution in [-0.4, -0.2) is 9.55 Å². The molecule has 202 valence electrons. The number of aromatic nitrogens is 3. The molecule has 6 rings (SSSR count). The van der Waals surface area contributed by atoms with E-state index in [2.05, 4.69) is 137 Å². The fourth-order valence-electron chi connectivity index (χ4n) is 6.19. The molecule has 2 aromatic heterocycles. The Labute approximate surface area is 236 Å². The van der Waals surface area contributed by atoms with Crippen LogP contribution in [0, 0.1) is 20.8 Å². The average molecular weight is 529 g/mol. The molecular weight excluding hydrogens is 490 g/mol. The number of para-hydroxylation sites is 3. The summed E-state index contributed by atoms with van der Waals surface area (Å²) in [7, 11) is 2.18. The largest absolute Gasteiger partial charge is 0.436 e. The van der Waals surface area contributed by atoms with Crippen LogP contribution in [0.2, 0.25) is 0 Å². The minimum atomic E-state index is 0.382. The van der Waals surface area contributed by atoms with Crippen molar-refractivity contribution in [2.45, 2.75) is 60.3 Å². The summed E-state index contributed by atoms with van der Waals surface area (Å²) in [5.74, 6) is 2.59. The summed E-state index contributed by atoms with van der Waals surface area (Å²) in [6.07, 6.45) is 0. The molecule has 0 aliphatic carbocycles. The van der Waals surface area contributed by atoms with Gasteiger partial charge in [0.2, 0.25) is 5.89 Å². The molecule has 0 fully saturated rings. The summed E-state index contributed by atoms with van der Waals surface area (Å²) in [6.45, 7) is 15.6. The predicted molar refractivity (Wildman–Crippen MR) is 165 cm³/mol. The van der Waals surface area contributed by atoms with Crippen molar-refractivity contribution >= 4 is 22.1 Å². The number of oxazole rings is 1. The van der Waals surface area contributed by atoms with Crippen LogP contribution in [0.25, 0.3) is 50.7 Å². The maximum atomic E-state index is 6.37. The fraction of sp³-hybridized carbons (Fsp3) is 0.278. The lowest BCUT2D eigenvalue weighted by molar-refractivity contribution is -0.633. The van der Waals surface area contributed by atoms with Crippen LogP contribution in [0.15, 0.2) is 77.2 Å². The number of benzene rings is 4. The van der Waals surface area contributed by atoms with Crippen LogP contribution in [-0.2, 0) is 7.05 Å². The van der Waals surface area contributed by atoms with Crippen molar-refractivity contribution in [2.75, 3.05) is 0 Å². The van der Waals surface area contributed by atoms with E-state index in [0.717, 1.165) is 33.6 Å². The number of aryl methyl sites for hydroxylation is 4. The van der Waals surface area contributed by atoms with Crippen LogP contribution in [0.5, 0.6) is 0 Å². The van der Waals surface area contributed by atoms with Gasteiger partial charge in [-0.1, -0.05) is 76.2 Å². The molecule has 0 saturated carbocycles. The number of imidazole rings is 1. The highest BCUT2D eigenvalue weighted by Gasteiger charge is 2.31. The Balaban J connectivity index is 1.68. The number of hydrogen-bond acceptors (Lipinski definition) is 2. The van der Waals surface area contributed by atoms with E-state index < -0.39 is 0 Å². The van der Waals surface area contributed by atoms with Crippen LogP contribution < -0.4 is 4.57 Å². The maximum Gasteiger partial charge on any atom is 0.295 e. The van der Waals surface area contributed by atoms with Crippen LogP contribution in [0.1, 0.15) is 67.3 Å². The Hall–Kier alpha value is -4.18. The second-order valence-corrected chi connectivity index (χ2v) is 11.7. The van der Waals surface area contributed by atoms with E-state index in [-0.39, 0.29) is 0 Å². The summed E-state index contributed by atoms with van der Waals surface area (Å²) in [5, 5.41) is 0. The van der Waals surface area contributed by atoms with E-state index >= 15 is 0 Å². The second kappa shape index (κ2) is 9.78. The van der Waals surface area contributed by atoms with Gasteiger partial charge in [0.25, 0.3) is 5.82 Å². The molecule has 0 bridgehead atoms. The summed E-state index contributed by atoms with van der Waals surface area (Å²) >= 11 is 0. The molecule has 0 spiro atoms. The first-order valence-electron chi connectivity index (χ1n) is 14.3. The molecule has 2 heterocycles. The molecule has 4 heteroatoms. The van der Waals surface area contributed by atoms with Gasteiger partial charge >= 0.3 is 0 Å². The lowest BCUT2D eigenvalue weighted by Crippen LogP contribution is -2.30. The van der Waals surface area contributed by atoms with Crippen LogP contribution >= 0.6 is 0 Å². The summed E-state index contributed by atoms with van der Waals surface area (Å²) in [4.78, 5) is 5.02. The first-order chi connectivity index (χ1) is 19.2. The second-order valence-electron chi connectivity index (χ2n) is 11.7. The highest BCUT2D eigenvalue weighted by atomic mass is 16.3. The van der Waals surface area contributed by atoms with Gasteiger partial charge in [0.05, 0.1) is 12.6 Å². The zero-order valence-electron chi connectivity index (χ0n) is 24.8. The maximum absolute atomic E-state index is 6.37. The molecule has 0 aliphatic heterocycles. The Bertz CT molecular complexity index is 1860. The molecule has 6 aromatic rings. The molecule has 0 unspecified atom stereocenters. The predicted octanol–water partition coefficient (Wildman–Crippen LogP) is 9.10. The number of hydrogen-bond donors (Lipinski definition) is 0. The van der Waals surface area contributed by atoms with E-state index in [1.807, 2.05) is 0 Å². The van der Waals surface area contributed by atoms with Crippen LogP contribution in [0.3, 0.4) is 0 Å². The Morgan fingerprint density at radius 1 is 0.750 bits per heavy atom. The molecule has 0 radical (unpaired) electrons. The van der Waals surface area contributed by atoms with E-state index in [4.69, 9.17) is 9.40 Å². The highest BCUT2D eigenvalue weighted by molar-refractivity contribution is 5.86. The zero-order valence-corrected chi connectivity index (χ0v) is 24.8. The monoisotopic (exact) mass is 528 g/mol. The third-order valence-electron chi connectivity index (χ3n) is 8.25. The van der Waals surface area contributed by atoms with Crippen molar-refractivity contribution in [1.82, 2.24) is 9.55 Å². The van der Waals surface area contributed by atoms with Gasteiger partial charge in [0, 0.05) is 16.7 Å². The van der Waals surface area contributed by atoms with E-state index in [1.54, 1.807) is 0 Å². The number of rotatable bonds is 5. The van der Waals surface area contributed by atoms with Gasteiger partial charge < -0.3 is 4.42 Å². The van der Waals surface area contributed by atoms with E-state index in [9.17, 15) is 0 Å². The van der Waals surface area contributed by atoms with Crippen molar-refractivity contribution in [2.24, 2.45) is 7.05 Å². The van der Waals surface area contributed by atoms with Crippen LogP contribution in [0.4, 0.5) is 0 Å². The molecule has 4 nitrogen and oxygen atoms in total. The molecular formula is C36H38N3O+. The van der Waals surface area contributed by atoms with E-state index in [1.165, 1.54) is 39.0 Å². The van der Waals surface area contributed by atoms with Gasteiger partial charge in [-0.25, -0.2) is 9.55 Å². The number of nitrogens with zero attached hydrogens (tertiary/aromatic N) is 3.